The second-order valence-corrected chi connectivity index (χ2v) is 5.86. The minimum absolute atomic E-state index is 0.157. The molecule has 0 saturated heterocycles. The third kappa shape index (κ3) is 2.85. The molecule has 2 heterocycles. The Bertz CT molecular complexity index is 749. The van der Waals surface area contributed by atoms with Crippen molar-refractivity contribution in [2.24, 2.45) is 7.05 Å². The highest BCUT2D eigenvalue weighted by Gasteiger charge is 2.12. The van der Waals surface area contributed by atoms with Crippen molar-refractivity contribution >= 4 is 26.7 Å². The first-order valence-electron chi connectivity index (χ1n) is 6.95. The summed E-state index contributed by atoms with van der Waals surface area (Å²) in [5.41, 5.74) is 2.12. The van der Waals surface area contributed by atoms with Crippen LogP contribution in [0.2, 0.25) is 0 Å². The summed E-state index contributed by atoms with van der Waals surface area (Å²) < 4.78 is 8.52. The van der Waals surface area contributed by atoms with Gasteiger partial charge in [-0.25, -0.2) is 4.98 Å². The fourth-order valence-corrected chi connectivity index (χ4v) is 3.27. The summed E-state index contributed by atoms with van der Waals surface area (Å²) in [5.74, 6) is 0.889. The number of nitrogens with zero attached hydrogens (tertiary/aromatic N) is 3. The molecule has 0 aliphatic carbocycles. The number of thiazole rings is 1. The minimum Gasteiger partial charge on any atom is -0.494 e. The zero-order chi connectivity index (χ0) is 14.8. The molecule has 1 N–H and O–H groups in total. The first kappa shape index (κ1) is 13.9. The number of aryl methyl sites for hydroxylation is 1. The van der Waals surface area contributed by atoms with E-state index in [9.17, 15) is 0 Å². The highest BCUT2D eigenvalue weighted by molar-refractivity contribution is 7.22. The summed E-state index contributed by atoms with van der Waals surface area (Å²) in [7, 11) is 1.94. The molecule has 5 nitrogen and oxygen atoms in total. The van der Waals surface area contributed by atoms with Crippen molar-refractivity contribution in [1.82, 2.24) is 14.8 Å². The predicted molar refractivity (Wildman–Crippen MR) is 86.0 cm³/mol. The van der Waals surface area contributed by atoms with E-state index < -0.39 is 0 Å². The van der Waals surface area contributed by atoms with Gasteiger partial charge >= 0.3 is 0 Å². The molecule has 110 valence electrons. The molecular weight excluding hydrogens is 284 g/mol. The lowest BCUT2D eigenvalue weighted by atomic mass is 10.2. The molecule has 3 rings (SSSR count). The van der Waals surface area contributed by atoms with Crippen molar-refractivity contribution in [3.63, 3.8) is 0 Å². The van der Waals surface area contributed by atoms with Crippen molar-refractivity contribution < 1.29 is 4.74 Å². The van der Waals surface area contributed by atoms with Crippen molar-refractivity contribution in [3.8, 4) is 5.75 Å². The molecule has 0 fully saturated rings. The van der Waals surface area contributed by atoms with Gasteiger partial charge in [0.15, 0.2) is 5.13 Å². The largest absolute Gasteiger partial charge is 0.494 e. The molecular formula is C15H18N4OS. The Balaban J connectivity index is 1.82. The fraction of sp³-hybridized carbons (Fsp3) is 0.333. The molecule has 0 aliphatic heterocycles. The van der Waals surface area contributed by atoms with Crippen LogP contribution in [0.4, 0.5) is 5.13 Å². The molecule has 1 atom stereocenters. The van der Waals surface area contributed by atoms with E-state index in [4.69, 9.17) is 4.74 Å². The Morgan fingerprint density at radius 3 is 2.95 bits per heavy atom. The summed E-state index contributed by atoms with van der Waals surface area (Å²) in [6.07, 6.45) is 1.81. The number of benzene rings is 1. The predicted octanol–water partition coefficient (Wildman–Crippen LogP) is 3.60. The van der Waals surface area contributed by atoms with Crippen LogP contribution in [0.3, 0.4) is 0 Å². The lowest BCUT2D eigenvalue weighted by molar-refractivity contribution is 0.341. The van der Waals surface area contributed by atoms with Crippen LogP contribution in [0.1, 0.15) is 25.6 Å². The molecule has 0 amide bonds. The van der Waals surface area contributed by atoms with E-state index in [1.807, 2.05) is 42.9 Å². The minimum atomic E-state index is 0.157. The Labute approximate surface area is 127 Å². The number of nitrogens with one attached hydrogen (secondary N) is 1. The van der Waals surface area contributed by atoms with Gasteiger partial charge in [-0.1, -0.05) is 11.3 Å². The van der Waals surface area contributed by atoms with Gasteiger partial charge in [0.2, 0.25) is 0 Å². The third-order valence-corrected chi connectivity index (χ3v) is 4.26. The van der Waals surface area contributed by atoms with Gasteiger partial charge < -0.3 is 10.1 Å². The van der Waals surface area contributed by atoms with Gasteiger partial charge in [0, 0.05) is 13.2 Å². The van der Waals surface area contributed by atoms with E-state index in [2.05, 4.69) is 22.3 Å². The number of hydrogen-bond acceptors (Lipinski definition) is 5. The zero-order valence-electron chi connectivity index (χ0n) is 12.3. The maximum atomic E-state index is 5.53. The normalized spacial score (nSPS) is 12.5. The van der Waals surface area contributed by atoms with Gasteiger partial charge in [0.05, 0.1) is 28.6 Å². The summed E-state index contributed by atoms with van der Waals surface area (Å²) in [6, 6.07) is 8.16. The molecule has 0 radical (unpaired) electrons. The molecule has 3 aromatic rings. The smallest absolute Gasteiger partial charge is 0.184 e. The SMILES string of the molecule is CCOc1ccc2nc(NC(C)c3ccnn3C)sc2c1. The molecule has 1 aromatic carbocycles. The van der Waals surface area contributed by atoms with Gasteiger partial charge in [-0.15, -0.1) is 0 Å². The lowest BCUT2D eigenvalue weighted by Crippen LogP contribution is -2.11. The number of hydrogen-bond donors (Lipinski definition) is 1. The third-order valence-electron chi connectivity index (χ3n) is 3.31. The highest BCUT2D eigenvalue weighted by Crippen LogP contribution is 2.31. The van der Waals surface area contributed by atoms with Gasteiger partial charge in [0.1, 0.15) is 5.75 Å². The summed E-state index contributed by atoms with van der Waals surface area (Å²) in [5, 5.41) is 8.54. The van der Waals surface area contributed by atoms with Crippen LogP contribution in [-0.2, 0) is 7.05 Å². The number of fused-ring (bicyclic) bond motifs is 1. The van der Waals surface area contributed by atoms with E-state index in [1.165, 1.54) is 0 Å². The number of ether oxygens (including phenoxy) is 1. The molecule has 0 aliphatic rings. The molecule has 0 saturated carbocycles. The maximum absolute atomic E-state index is 5.53. The summed E-state index contributed by atoms with van der Waals surface area (Å²) in [4.78, 5) is 4.62. The Morgan fingerprint density at radius 2 is 2.24 bits per heavy atom. The number of aromatic nitrogens is 3. The van der Waals surface area contributed by atoms with E-state index in [-0.39, 0.29) is 6.04 Å². The highest BCUT2D eigenvalue weighted by atomic mass is 32.1. The zero-order valence-corrected chi connectivity index (χ0v) is 13.1. The summed E-state index contributed by atoms with van der Waals surface area (Å²) >= 11 is 1.64. The lowest BCUT2D eigenvalue weighted by Gasteiger charge is -2.12. The molecule has 0 bridgehead atoms. The van der Waals surface area contributed by atoms with Gasteiger partial charge in [-0.2, -0.15) is 5.10 Å². The molecule has 21 heavy (non-hydrogen) atoms. The first-order chi connectivity index (χ1) is 10.2. The van der Waals surface area contributed by atoms with Crippen LogP contribution in [0.5, 0.6) is 5.75 Å². The van der Waals surface area contributed by atoms with Crippen molar-refractivity contribution in [2.45, 2.75) is 19.9 Å². The van der Waals surface area contributed by atoms with Crippen LogP contribution in [0.15, 0.2) is 30.5 Å². The van der Waals surface area contributed by atoms with E-state index >= 15 is 0 Å². The maximum Gasteiger partial charge on any atom is 0.184 e. The first-order valence-corrected chi connectivity index (χ1v) is 7.77. The van der Waals surface area contributed by atoms with E-state index in [0.717, 1.165) is 26.8 Å². The van der Waals surface area contributed by atoms with Crippen LogP contribution in [-0.4, -0.2) is 21.4 Å². The monoisotopic (exact) mass is 302 g/mol. The molecule has 2 aromatic heterocycles. The van der Waals surface area contributed by atoms with Crippen LogP contribution in [0, 0.1) is 0 Å². The molecule has 0 spiro atoms. The summed E-state index contributed by atoms with van der Waals surface area (Å²) in [6.45, 7) is 4.76. The fourth-order valence-electron chi connectivity index (χ4n) is 2.29. The standard InChI is InChI=1S/C15H18N4OS/c1-4-20-11-5-6-12-14(9-11)21-15(18-12)17-10(2)13-7-8-16-19(13)3/h5-10H,4H2,1-3H3,(H,17,18). The van der Waals surface area contributed by atoms with E-state index in [1.54, 1.807) is 17.5 Å². The van der Waals surface area contributed by atoms with Crippen LogP contribution in [0.25, 0.3) is 10.2 Å². The van der Waals surface area contributed by atoms with E-state index in [0.29, 0.717) is 6.61 Å². The molecule has 1 unspecified atom stereocenters. The Kier molecular flexibility index (Phi) is 3.79. The number of anilines is 1. The quantitative estimate of drug-likeness (QED) is 0.782. The van der Waals surface area contributed by atoms with Crippen molar-refractivity contribution in [1.29, 1.82) is 0 Å². The van der Waals surface area contributed by atoms with Gasteiger partial charge in [-0.3, -0.25) is 4.68 Å². The average Bonchev–Trinajstić information content (AvgIpc) is 3.04. The van der Waals surface area contributed by atoms with Gasteiger partial charge in [0.25, 0.3) is 0 Å². The topological polar surface area (TPSA) is 52.0 Å². The van der Waals surface area contributed by atoms with Crippen molar-refractivity contribution in [2.75, 3.05) is 11.9 Å². The average molecular weight is 302 g/mol. The molecule has 6 heteroatoms. The van der Waals surface area contributed by atoms with Gasteiger partial charge in [-0.05, 0) is 38.1 Å². The van der Waals surface area contributed by atoms with Crippen molar-refractivity contribution in [3.05, 3.63) is 36.2 Å². The Morgan fingerprint density at radius 1 is 1.38 bits per heavy atom. The van der Waals surface area contributed by atoms with Crippen LogP contribution < -0.4 is 10.1 Å². The van der Waals surface area contributed by atoms with Crippen LogP contribution >= 0.6 is 11.3 Å². The number of rotatable bonds is 5. The Hall–Kier alpha value is -2.08. The second kappa shape index (κ2) is 5.73. The second-order valence-electron chi connectivity index (χ2n) is 4.83.